The van der Waals surface area contributed by atoms with Crippen LogP contribution in [0.5, 0.6) is 0 Å². The summed E-state index contributed by atoms with van der Waals surface area (Å²) < 4.78 is 37.3. The molecule has 0 aliphatic rings. The van der Waals surface area contributed by atoms with Crippen LogP contribution in [0.1, 0.15) is 15.4 Å². The fourth-order valence-electron chi connectivity index (χ4n) is 1.19. The highest BCUT2D eigenvalue weighted by molar-refractivity contribution is 7.20. The normalized spacial score (nSPS) is 11.9. The number of aromatic nitrogens is 1. The lowest BCUT2D eigenvalue weighted by Gasteiger charge is -2.04. The number of aromatic carboxylic acids is 1. The molecule has 84 valence electrons. The third-order valence-corrected chi connectivity index (χ3v) is 2.90. The van der Waals surface area contributed by atoms with Crippen molar-refractivity contribution in [2.45, 2.75) is 6.18 Å². The second-order valence-electron chi connectivity index (χ2n) is 3.00. The first-order valence-corrected chi connectivity index (χ1v) is 4.90. The lowest BCUT2D eigenvalue weighted by Crippen LogP contribution is -2.03. The predicted molar refractivity (Wildman–Crippen MR) is 51.6 cm³/mol. The van der Waals surface area contributed by atoms with Crippen molar-refractivity contribution >= 4 is 27.5 Å². The van der Waals surface area contributed by atoms with E-state index in [-0.39, 0.29) is 15.2 Å². The highest BCUT2D eigenvalue weighted by Gasteiger charge is 2.30. The number of halogens is 3. The number of thiazole rings is 1. The molecule has 2 rings (SSSR count). The van der Waals surface area contributed by atoms with Gasteiger partial charge in [0, 0.05) is 0 Å². The molecule has 0 aliphatic heterocycles. The number of rotatable bonds is 1. The van der Waals surface area contributed by atoms with Crippen molar-refractivity contribution in [2.24, 2.45) is 0 Å². The van der Waals surface area contributed by atoms with Gasteiger partial charge in [-0.3, -0.25) is 0 Å². The minimum atomic E-state index is -4.43. The maximum atomic E-state index is 12.3. The van der Waals surface area contributed by atoms with Gasteiger partial charge in [-0.1, -0.05) is 0 Å². The molecule has 3 nitrogen and oxygen atoms in total. The van der Waals surface area contributed by atoms with E-state index in [0.717, 1.165) is 23.5 Å². The zero-order valence-electron chi connectivity index (χ0n) is 7.58. The summed E-state index contributed by atoms with van der Waals surface area (Å²) in [5.74, 6) is -1.24. The van der Waals surface area contributed by atoms with Crippen LogP contribution in [0.25, 0.3) is 10.2 Å². The van der Waals surface area contributed by atoms with Crippen LogP contribution in [0, 0.1) is 0 Å². The molecule has 2 aromatic rings. The molecule has 0 saturated carbocycles. The Labute approximate surface area is 91.2 Å². The largest absolute Gasteiger partial charge is 0.476 e. The van der Waals surface area contributed by atoms with Gasteiger partial charge in [-0.05, 0) is 18.2 Å². The van der Waals surface area contributed by atoms with E-state index in [1.165, 1.54) is 6.07 Å². The van der Waals surface area contributed by atoms with Gasteiger partial charge in [0.05, 0.1) is 15.8 Å². The van der Waals surface area contributed by atoms with Gasteiger partial charge in [-0.15, -0.1) is 11.3 Å². The monoisotopic (exact) mass is 247 g/mol. The third kappa shape index (κ3) is 1.85. The summed E-state index contributed by atoms with van der Waals surface area (Å²) in [5.41, 5.74) is -0.545. The van der Waals surface area contributed by atoms with Crippen LogP contribution in [-0.4, -0.2) is 16.1 Å². The topological polar surface area (TPSA) is 50.2 Å². The smallest absolute Gasteiger partial charge is 0.416 e. The lowest BCUT2D eigenvalue weighted by atomic mass is 10.2. The van der Waals surface area contributed by atoms with Gasteiger partial charge in [-0.2, -0.15) is 13.2 Å². The molecule has 1 N–H and O–H groups in total. The molecule has 0 radical (unpaired) electrons. The van der Waals surface area contributed by atoms with Gasteiger partial charge < -0.3 is 5.11 Å². The van der Waals surface area contributed by atoms with Crippen molar-refractivity contribution < 1.29 is 23.1 Å². The molecule has 1 aromatic heterocycles. The highest BCUT2D eigenvalue weighted by atomic mass is 32.1. The van der Waals surface area contributed by atoms with E-state index in [0.29, 0.717) is 0 Å². The van der Waals surface area contributed by atoms with Gasteiger partial charge in [0.2, 0.25) is 5.01 Å². The molecule has 0 saturated heterocycles. The fraction of sp³-hybridized carbons (Fsp3) is 0.111. The molecule has 1 aromatic carbocycles. The number of fused-ring (bicyclic) bond motifs is 1. The van der Waals surface area contributed by atoms with Crippen LogP contribution >= 0.6 is 11.3 Å². The number of carboxylic acids is 1. The Hall–Kier alpha value is -1.63. The number of benzene rings is 1. The van der Waals surface area contributed by atoms with Crippen LogP contribution in [0.15, 0.2) is 18.2 Å². The summed E-state index contributed by atoms with van der Waals surface area (Å²) in [4.78, 5) is 14.3. The van der Waals surface area contributed by atoms with Gasteiger partial charge in [0.15, 0.2) is 0 Å². The van der Waals surface area contributed by atoms with E-state index in [4.69, 9.17) is 5.11 Å². The summed E-state index contributed by atoms with van der Waals surface area (Å²) >= 11 is 0.725. The highest BCUT2D eigenvalue weighted by Crippen LogP contribution is 2.33. The molecule has 0 amide bonds. The van der Waals surface area contributed by atoms with E-state index in [1.807, 2.05) is 0 Å². The Morgan fingerprint density at radius 2 is 2.06 bits per heavy atom. The molecule has 0 atom stereocenters. The number of carboxylic acid groups (broad SMARTS) is 1. The van der Waals surface area contributed by atoms with E-state index >= 15 is 0 Å². The van der Waals surface area contributed by atoms with E-state index < -0.39 is 17.7 Å². The van der Waals surface area contributed by atoms with Gasteiger partial charge in [-0.25, -0.2) is 9.78 Å². The molecule has 1 heterocycles. The molecule has 0 bridgehead atoms. The van der Waals surface area contributed by atoms with Crippen LogP contribution in [0.2, 0.25) is 0 Å². The first kappa shape index (κ1) is 10.9. The first-order valence-electron chi connectivity index (χ1n) is 4.09. The standard InChI is InChI=1S/C9H4F3NO2S/c10-9(11,12)4-1-2-5-6(3-4)16-7(13-5)8(14)15/h1-3H,(H,14,15). The molecular weight excluding hydrogens is 243 g/mol. The average molecular weight is 247 g/mol. The van der Waals surface area contributed by atoms with E-state index in [9.17, 15) is 18.0 Å². The average Bonchev–Trinajstić information content (AvgIpc) is 2.58. The predicted octanol–water partition coefficient (Wildman–Crippen LogP) is 3.01. The van der Waals surface area contributed by atoms with Gasteiger partial charge >= 0.3 is 12.1 Å². The molecule has 0 aliphatic carbocycles. The van der Waals surface area contributed by atoms with Crippen LogP contribution in [0.3, 0.4) is 0 Å². The van der Waals surface area contributed by atoms with Crippen molar-refractivity contribution in [3.05, 3.63) is 28.8 Å². The van der Waals surface area contributed by atoms with Crippen molar-refractivity contribution in [2.75, 3.05) is 0 Å². The summed E-state index contributed by atoms with van der Waals surface area (Å²) in [6.07, 6.45) is -4.43. The van der Waals surface area contributed by atoms with Crippen molar-refractivity contribution in [3.8, 4) is 0 Å². The zero-order chi connectivity index (χ0) is 11.9. The second-order valence-corrected chi connectivity index (χ2v) is 4.04. The number of alkyl halides is 3. The van der Waals surface area contributed by atoms with Crippen molar-refractivity contribution in [3.63, 3.8) is 0 Å². The Morgan fingerprint density at radius 3 is 2.62 bits per heavy atom. The molecule has 16 heavy (non-hydrogen) atoms. The van der Waals surface area contributed by atoms with E-state index in [1.54, 1.807) is 0 Å². The van der Waals surface area contributed by atoms with E-state index in [2.05, 4.69) is 4.98 Å². The number of hydrogen-bond acceptors (Lipinski definition) is 3. The minimum Gasteiger partial charge on any atom is -0.476 e. The SMILES string of the molecule is O=C(O)c1nc2ccc(C(F)(F)F)cc2s1. The lowest BCUT2D eigenvalue weighted by molar-refractivity contribution is -0.137. The summed E-state index contributed by atoms with van der Waals surface area (Å²) in [6, 6.07) is 2.95. The summed E-state index contributed by atoms with van der Waals surface area (Å²) in [5, 5.41) is 8.43. The molecular formula is C9H4F3NO2S. The molecule has 0 fully saturated rings. The first-order chi connectivity index (χ1) is 7.38. The van der Waals surface area contributed by atoms with Crippen LogP contribution in [-0.2, 0) is 6.18 Å². The number of hydrogen-bond donors (Lipinski definition) is 1. The fourth-order valence-corrected chi connectivity index (χ4v) is 2.04. The third-order valence-electron chi connectivity index (χ3n) is 1.90. The van der Waals surface area contributed by atoms with Crippen molar-refractivity contribution in [1.29, 1.82) is 0 Å². The Morgan fingerprint density at radius 1 is 1.38 bits per heavy atom. The minimum absolute atomic E-state index is 0.214. The summed E-state index contributed by atoms with van der Waals surface area (Å²) in [6.45, 7) is 0. The molecule has 0 spiro atoms. The van der Waals surface area contributed by atoms with Crippen LogP contribution < -0.4 is 0 Å². The van der Waals surface area contributed by atoms with Gasteiger partial charge in [0.25, 0.3) is 0 Å². The number of carbonyl (C=O) groups is 1. The summed E-state index contributed by atoms with van der Waals surface area (Å²) in [7, 11) is 0. The van der Waals surface area contributed by atoms with Gasteiger partial charge in [0.1, 0.15) is 0 Å². The quantitative estimate of drug-likeness (QED) is 0.842. The Kier molecular flexibility index (Phi) is 2.34. The maximum absolute atomic E-state index is 12.3. The number of nitrogens with zero attached hydrogens (tertiary/aromatic N) is 1. The molecule has 7 heteroatoms. The van der Waals surface area contributed by atoms with Crippen molar-refractivity contribution in [1.82, 2.24) is 4.98 Å². The van der Waals surface area contributed by atoms with Crippen LogP contribution in [0.4, 0.5) is 13.2 Å². The molecule has 0 unspecified atom stereocenters. The second kappa shape index (κ2) is 3.44. The maximum Gasteiger partial charge on any atom is 0.416 e. The Balaban J connectivity index is 2.58. The Bertz CT molecular complexity index is 561. The zero-order valence-corrected chi connectivity index (χ0v) is 8.39.